The zero-order chi connectivity index (χ0) is 16.4. The van der Waals surface area contributed by atoms with Crippen molar-refractivity contribution in [1.29, 1.82) is 0 Å². The minimum Gasteiger partial charge on any atom is -0.497 e. The average molecular weight is 308 g/mol. The van der Waals surface area contributed by atoms with Gasteiger partial charge >= 0.3 is 0 Å². The molecule has 3 rings (SSSR count). The van der Waals surface area contributed by atoms with Crippen LogP contribution in [-0.2, 0) is 0 Å². The Labute approximate surface area is 135 Å². The topological polar surface area (TPSA) is 54.1 Å². The van der Waals surface area contributed by atoms with Crippen LogP contribution >= 0.6 is 0 Å². The quantitative estimate of drug-likeness (QED) is 0.766. The van der Waals surface area contributed by atoms with Crippen LogP contribution in [0.2, 0.25) is 0 Å². The monoisotopic (exact) mass is 308 g/mol. The molecule has 4 heteroatoms. The summed E-state index contributed by atoms with van der Waals surface area (Å²) in [6.07, 6.45) is 0. The van der Waals surface area contributed by atoms with Crippen LogP contribution in [0.4, 0.5) is 0 Å². The van der Waals surface area contributed by atoms with Crippen LogP contribution in [0.5, 0.6) is 5.75 Å². The molecule has 0 fully saturated rings. The van der Waals surface area contributed by atoms with Gasteiger partial charge in [-0.2, -0.15) is 0 Å². The van der Waals surface area contributed by atoms with Crippen LogP contribution in [-0.4, -0.2) is 18.0 Å². The molecular weight excluding hydrogens is 288 g/mol. The van der Waals surface area contributed by atoms with Gasteiger partial charge in [-0.15, -0.1) is 0 Å². The molecular formula is C19H20N2O2. The smallest absolute Gasteiger partial charge is 0.268 e. The van der Waals surface area contributed by atoms with Gasteiger partial charge in [0.15, 0.2) is 0 Å². The second kappa shape index (κ2) is 6.16. The largest absolute Gasteiger partial charge is 0.497 e. The fourth-order valence-electron chi connectivity index (χ4n) is 2.76. The number of methoxy groups -OCH3 is 1. The second-order valence-electron chi connectivity index (χ2n) is 5.64. The Kier molecular flexibility index (Phi) is 4.06. The molecule has 23 heavy (non-hydrogen) atoms. The number of amides is 1. The van der Waals surface area contributed by atoms with E-state index in [-0.39, 0.29) is 11.9 Å². The molecule has 0 bridgehead atoms. The Morgan fingerprint density at radius 2 is 1.91 bits per heavy atom. The van der Waals surface area contributed by atoms with Gasteiger partial charge in [-0.25, -0.2) is 0 Å². The Morgan fingerprint density at radius 1 is 1.17 bits per heavy atom. The summed E-state index contributed by atoms with van der Waals surface area (Å²) in [7, 11) is 1.63. The van der Waals surface area contributed by atoms with Gasteiger partial charge in [-0.3, -0.25) is 4.79 Å². The van der Waals surface area contributed by atoms with Gasteiger partial charge in [0.1, 0.15) is 11.4 Å². The summed E-state index contributed by atoms with van der Waals surface area (Å²) >= 11 is 0. The SMILES string of the molecule is COc1ccc2c(C)c(C(=O)NC(C)c3ccccc3)[nH]c2c1. The van der Waals surface area contributed by atoms with E-state index in [4.69, 9.17) is 4.74 Å². The van der Waals surface area contributed by atoms with E-state index in [9.17, 15) is 4.79 Å². The average Bonchev–Trinajstić information content (AvgIpc) is 2.92. The summed E-state index contributed by atoms with van der Waals surface area (Å²) in [6, 6.07) is 15.6. The van der Waals surface area contributed by atoms with Gasteiger partial charge in [-0.1, -0.05) is 30.3 Å². The lowest BCUT2D eigenvalue weighted by molar-refractivity contribution is 0.0935. The molecule has 1 unspecified atom stereocenters. The molecule has 0 saturated carbocycles. The van der Waals surface area contributed by atoms with Crippen LogP contribution < -0.4 is 10.1 Å². The molecule has 0 aliphatic heterocycles. The second-order valence-corrected chi connectivity index (χ2v) is 5.64. The van der Waals surface area contributed by atoms with Gasteiger partial charge in [-0.05, 0) is 37.1 Å². The highest BCUT2D eigenvalue weighted by Gasteiger charge is 2.17. The molecule has 1 aromatic heterocycles. The van der Waals surface area contributed by atoms with Crippen molar-refractivity contribution in [2.75, 3.05) is 7.11 Å². The predicted octanol–water partition coefficient (Wildman–Crippen LogP) is 3.98. The maximum absolute atomic E-state index is 12.6. The number of H-pyrrole nitrogens is 1. The fraction of sp³-hybridized carbons (Fsp3) is 0.211. The Balaban J connectivity index is 1.87. The van der Waals surface area contributed by atoms with Gasteiger partial charge in [0.25, 0.3) is 5.91 Å². The molecule has 118 valence electrons. The summed E-state index contributed by atoms with van der Waals surface area (Å²) < 4.78 is 5.23. The highest BCUT2D eigenvalue weighted by molar-refractivity contribution is 6.01. The number of hydrogen-bond acceptors (Lipinski definition) is 2. The van der Waals surface area contributed by atoms with E-state index in [1.54, 1.807) is 7.11 Å². The predicted molar refractivity (Wildman–Crippen MR) is 91.9 cm³/mol. The molecule has 2 N–H and O–H groups in total. The van der Waals surface area contributed by atoms with E-state index in [1.165, 1.54) is 0 Å². The summed E-state index contributed by atoms with van der Waals surface area (Å²) in [5.41, 5.74) is 3.52. The van der Waals surface area contributed by atoms with Gasteiger partial charge < -0.3 is 15.0 Å². The van der Waals surface area contributed by atoms with Gasteiger partial charge in [0.2, 0.25) is 0 Å². The number of fused-ring (bicyclic) bond motifs is 1. The van der Waals surface area contributed by atoms with Crippen molar-refractivity contribution >= 4 is 16.8 Å². The third-order valence-electron chi connectivity index (χ3n) is 4.14. The van der Waals surface area contributed by atoms with Gasteiger partial charge in [0.05, 0.1) is 13.2 Å². The Morgan fingerprint density at radius 3 is 2.61 bits per heavy atom. The number of ether oxygens (including phenoxy) is 1. The summed E-state index contributed by atoms with van der Waals surface area (Å²) in [5, 5.41) is 4.07. The van der Waals surface area contributed by atoms with E-state index in [0.717, 1.165) is 27.8 Å². The molecule has 0 radical (unpaired) electrons. The maximum atomic E-state index is 12.6. The zero-order valence-electron chi connectivity index (χ0n) is 13.5. The number of aryl methyl sites for hydroxylation is 1. The first-order valence-electron chi connectivity index (χ1n) is 7.62. The highest BCUT2D eigenvalue weighted by atomic mass is 16.5. The molecule has 0 saturated heterocycles. The lowest BCUT2D eigenvalue weighted by Crippen LogP contribution is -2.27. The number of rotatable bonds is 4. The van der Waals surface area contributed by atoms with Crippen LogP contribution in [0.1, 0.15) is 34.6 Å². The molecule has 0 aliphatic carbocycles. The molecule has 0 aliphatic rings. The minimum atomic E-state index is -0.103. The van der Waals surface area contributed by atoms with E-state index < -0.39 is 0 Å². The molecule has 2 aromatic carbocycles. The summed E-state index contributed by atoms with van der Waals surface area (Å²) in [6.45, 7) is 3.93. The van der Waals surface area contributed by atoms with E-state index >= 15 is 0 Å². The van der Waals surface area contributed by atoms with Crippen molar-refractivity contribution in [3.05, 3.63) is 65.4 Å². The molecule has 3 aromatic rings. The Bertz CT molecular complexity index is 837. The highest BCUT2D eigenvalue weighted by Crippen LogP contribution is 2.26. The van der Waals surface area contributed by atoms with Crippen molar-refractivity contribution in [1.82, 2.24) is 10.3 Å². The summed E-state index contributed by atoms with van der Waals surface area (Å²) in [5.74, 6) is 0.664. The lowest BCUT2D eigenvalue weighted by atomic mass is 10.1. The Hall–Kier alpha value is -2.75. The first-order chi connectivity index (χ1) is 11.1. The molecule has 4 nitrogen and oxygen atoms in total. The standard InChI is InChI=1S/C19H20N2O2/c1-12-16-10-9-15(23-3)11-17(16)21-18(12)19(22)20-13(2)14-7-5-4-6-8-14/h4-11,13,21H,1-3H3,(H,20,22). The van der Waals surface area contributed by atoms with Crippen molar-refractivity contribution in [3.8, 4) is 5.75 Å². The lowest BCUT2D eigenvalue weighted by Gasteiger charge is -2.14. The number of benzene rings is 2. The van der Waals surface area contributed by atoms with Crippen molar-refractivity contribution in [3.63, 3.8) is 0 Å². The van der Waals surface area contributed by atoms with Crippen molar-refractivity contribution < 1.29 is 9.53 Å². The third kappa shape index (κ3) is 2.93. The maximum Gasteiger partial charge on any atom is 0.268 e. The molecule has 1 atom stereocenters. The van der Waals surface area contributed by atoms with Crippen LogP contribution in [0.25, 0.3) is 10.9 Å². The number of carbonyl (C=O) groups excluding carboxylic acids is 1. The normalized spacial score (nSPS) is 12.1. The van der Waals surface area contributed by atoms with Crippen LogP contribution in [0.15, 0.2) is 48.5 Å². The number of hydrogen-bond donors (Lipinski definition) is 2. The van der Waals surface area contributed by atoms with Gasteiger partial charge in [0, 0.05) is 17.0 Å². The molecule has 1 heterocycles. The van der Waals surface area contributed by atoms with Crippen LogP contribution in [0, 0.1) is 6.92 Å². The minimum absolute atomic E-state index is 0.0518. The van der Waals surface area contributed by atoms with E-state index in [2.05, 4.69) is 10.3 Å². The van der Waals surface area contributed by atoms with Crippen LogP contribution in [0.3, 0.4) is 0 Å². The number of aromatic amines is 1. The molecule has 1 amide bonds. The first kappa shape index (κ1) is 15.2. The number of carbonyl (C=O) groups is 1. The van der Waals surface area contributed by atoms with Crippen molar-refractivity contribution in [2.24, 2.45) is 0 Å². The fourth-order valence-corrected chi connectivity index (χ4v) is 2.76. The van der Waals surface area contributed by atoms with E-state index in [0.29, 0.717) is 5.69 Å². The first-order valence-corrected chi connectivity index (χ1v) is 7.62. The van der Waals surface area contributed by atoms with E-state index in [1.807, 2.05) is 62.4 Å². The molecule has 0 spiro atoms. The zero-order valence-corrected chi connectivity index (χ0v) is 13.5. The third-order valence-corrected chi connectivity index (χ3v) is 4.14. The summed E-state index contributed by atoms with van der Waals surface area (Å²) in [4.78, 5) is 15.8. The number of nitrogens with one attached hydrogen (secondary N) is 2. The van der Waals surface area contributed by atoms with Crippen molar-refractivity contribution in [2.45, 2.75) is 19.9 Å². The number of aromatic nitrogens is 1.